The first-order valence-corrected chi connectivity index (χ1v) is 7.28. The van der Waals surface area contributed by atoms with Crippen LogP contribution in [-0.2, 0) is 16.1 Å². The van der Waals surface area contributed by atoms with Crippen molar-refractivity contribution in [2.45, 2.75) is 6.61 Å². The van der Waals surface area contributed by atoms with Gasteiger partial charge in [-0.2, -0.15) is 0 Å². The summed E-state index contributed by atoms with van der Waals surface area (Å²) in [6.45, 7) is 0.0214. The second-order valence-corrected chi connectivity index (χ2v) is 5.20. The van der Waals surface area contributed by atoms with E-state index in [2.05, 4.69) is 0 Å². The molecule has 0 saturated heterocycles. The molecule has 0 amide bonds. The zero-order valence-electron chi connectivity index (χ0n) is 11.9. The van der Waals surface area contributed by atoms with Crippen molar-refractivity contribution in [2.24, 2.45) is 0 Å². The normalized spacial score (nSPS) is 10.7. The molecule has 0 N–H and O–H groups in total. The molecule has 3 nitrogen and oxygen atoms in total. The highest BCUT2D eigenvalue weighted by atomic mass is 35.5. The van der Waals surface area contributed by atoms with Crippen LogP contribution in [0, 0.1) is 0 Å². The SMILES string of the molecule is COc1ccccc1C=CC(=O)OCc1c(Cl)cccc1Cl. The van der Waals surface area contributed by atoms with Gasteiger partial charge >= 0.3 is 5.97 Å². The number of esters is 1. The fourth-order valence-electron chi connectivity index (χ4n) is 1.82. The third kappa shape index (κ3) is 4.26. The van der Waals surface area contributed by atoms with Crippen molar-refractivity contribution in [3.63, 3.8) is 0 Å². The molecule has 114 valence electrons. The van der Waals surface area contributed by atoms with Crippen molar-refractivity contribution < 1.29 is 14.3 Å². The molecule has 0 aliphatic carbocycles. The molecular weight excluding hydrogens is 323 g/mol. The Morgan fingerprint density at radius 3 is 2.45 bits per heavy atom. The minimum Gasteiger partial charge on any atom is -0.496 e. The van der Waals surface area contributed by atoms with Gasteiger partial charge in [-0.1, -0.05) is 47.5 Å². The molecule has 0 radical (unpaired) electrons. The number of ether oxygens (including phenoxy) is 2. The van der Waals surface area contributed by atoms with Crippen LogP contribution in [-0.4, -0.2) is 13.1 Å². The van der Waals surface area contributed by atoms with Gasteiger partial charge in [-0.15, -0.1) is 0 Å². The number of carbonyl (C=O) groups is 1. The minimum absolute atomic E-state index is 0.0214. The number of methoxy groups -OCH3 is 1. The molecule has 0 aliphatic heterocycles. The second kappa shape index (κ2) is 7.87. The van der Waals surface area contributed by atoms with Gasteiger partial charge in [0.25, 0.3) is 0 Å². The molecule has 0 heterocycles. The van der Waals surface area contributed by atoms with Gasteiger partial charge in [0.15, 0.2) is 0 Å². The van der Waals surface area contributed by atoms with Crippen LogP contribution >= 0.6 is 23.2 Å². The molecule has 0 saturated carbocycles. The zero-order valence-corrected chi connectivity index (χ0v) is 13.4. The van der Waals surface area contributed by atoms with Crippen molar-refractivity contribution in [3.8, 4) is 5.75 Å². The molecule has 0 atom stereocenters. The first kappa shape index (κ1) is 16.4. The van der Waals surface area contributed by atoms with E-state index in [9.17, 15) is 4.79 Å². The summed E-state index contributed by atoms with van der Waals surface area (Å²) in [5.74, 6) is 0.197. The van der Waals surface area contributed by atoms with Crippen molar-refractivity contribution in [1.82, 2.24) is 0 Å². The van der Waals surface area contributed by atoms with Gasteiger partial charge in [0, 0.05) is 27.2 Å². The molecular formula is C17H14Cl2O3. The third-order valence-corrected chi connectivity index (χ3v) is 3.67. The second-order valence-electron chi connectivity index (χ2n) is 4.38. The number of hydrogen-bond donors (Lipinski definition) is 0. The van der Waals surface area contributed by atoms with Crippen molar-refractivity contribution >= 4 is 35.2 Å². The van der Waals surface area contributed by atoms with Crippen LogP contribution in [0.4, 0.5) is 0 Å². The van der Waals surface area contributed by atoms with Gasteiger partial charge in [0.1, 0.15) is 12.4 Å². The monoisotopic (exact) mass is 336 g/mol. The van der Waals surface area contributed by atoms with Gasteiger partial charge in [-0.25, -0.2) is 4.79 Å². The molecule has 5 heteroatoms. The lowest BCUT2D eigenvalue weighted by atomic mass is 10.2. The first-order chi connectivity index (χ1) is 10.6. The van der Waals surface area contributed by atoms with Crippen molar-refractivity contribution in [2.75, 3.05) is 7.11 Å². The number of carbonyl (C=O) groups excluding carboxylic acids is 1. The molecule has 2 aromatic carbocycles. The summed E-state index contributed by atoms with van der Waals surface area (Å²) >= 11 is 12.0. The standard InChI is InChI=1S/C17H14Cl2O3/c1-21-16-8-3-2-5-12(16)9-10-17(20)22-11-13-14(18)6-4-7-15(13)19/h2-10H,11H2,1H3. The fraction of sp³-hybridized carbons (Fsp3) is 0.118. The number of benzene rings is 2. The Labute approximate surface area is 139 Å². The van der Waals surface area contributed by atoms with Crippen LogP contribution in [0.1, 0.15) is 11.1 Å². The summed E-state index contributed by atoms with van der Waals surface area (Å²) in [6, 6.07) is 12.5. The van der Waals surface area contributed by atoms with Crippen LogP contribution in [0.3, 0.4) is 0 Å². The summed E-state index contributed by atoms with van der Waals surface area (Å²) in [4.78, 5) is 11.8. The quantitative estimate of drug-likeness (QED) is 0.583. The van der Waals surface area contributed by atoms with Crippen LogP contribution in [0.15, 0.2) is 48.5 Å². The lowest BCUT2D eigenvalue weighted by molar-refractivity contribution is -0.138. The maximum Gasteiger partial charge on any atom is 0.331 e. The molecule has 0 fully saturated rings. The van der Waals surface area contributed by atoms with Crippen LogP contribution in [0.2, 0.25) is 10.0 Å². The maximum atomic E-state index is 11.8. The van der Waals surface area contributed by atoms with Crippen LogP contribution < -0.4 is 4.74 Å². The van der Waals surface area contributed by atoms with Gasteiger partial charge < -0.3 is 9.47 Å². The Kier molecular flexibility index (Phi) is 5.87. The average Bonchev–Trinajstić information content (AvgIpc) is 2.52. The van der Waals surface area contributed by atoms with Gasteiger partial charge in [-0.3, -0.25) is 0 Å². The van der Waals surface area contributed by atoms with Gasteiger partial charge in [-0.05, 0) is 24.3 Å². The highest BCUT2D eigenvalue weighted by Gasteiger charge is 2.07. The predicted octanol–water partition coefficient (Wildman–Crippen LogP) is 4.76. The largest absolute Gasteiger partial charge is 0.496 e. The molecule has 0 aliphatic rings. The van der Waals surface area contributed by atoms with E-state index in [-0.39, 0.29) is 6.61 Å². The average molecular weight is 337 g/mol. The lowest BCUT2D eigenvalue weighted by Gasteiger charge is -2.07. The molecule has 2 rings (SSSR count). The molecule has 0 unspecified atom stereocenters. The van der Waals surface area contributed by atoms with E-state index in [1.807, 2.05) is 24.3 Å². The topological polar surface area (TPSA) is 35.5 Å². The van der Waals surface area contributed by atoms with E-state index in [1.54, 1.807) is 31.4 Å². The molecule has 0 spiro atoms. The molecule has 0 bridgehead atoms. The van der Waals surface area contributed by atoms with E-state index < -0.39 is 5.97 Å². The Hall–Kier alpha value is -1.97. The van der Waals surface area contributed by atoms with E-state index in [0.717, 1.165) is 5.56 Å². The summed E-state index contributed by atoms with van der Waals surface area (Å²) in [5, 5.41) is 0.933. The van der Waals surface area contributed by atoms with Crippen molar-refractivity contribution in [1.29, 1.82) is 0 Å². The number of hydrogen-bond acceptors (Lipinski definition) is 3. The Bertz CT molecular complexity index is 676. The first-order valence-electron chi connectivity index (χ1n) is 6.52. The Morgan fingerprint density at radius 2 is 1.77 bits per heavy atom. The summed E-state index contributed by atoms with van der Waals surface area (Å²) < 4.78 is 10.3. The van der Waals surface area contributed by atoms with E-state index in [0.29, 0.717) is 21.4 Å². The molecule has 0 aromatic heterocycles. The van der Waals surface area contributed by atoms with E-state index in [1.165, 1.54) is 6.08 Å². The van der Waals surface area contributed by atoms with Gasteiger partial charge in [0.2, 0.25) is 0 Å². The maximum absolute atomic E-state index is 11.8. The summed E-state index contributed by atoms with van der Waals surface area (Å²) in [6.07, 6.45) is 2.97. The summed E-state index contributed by atoms with van der Waals surface area (Å²) in [5.41, 5.74) is 1.38. The zero-order chi connectivity index (χ0) is 15.9. The molecule has 2 aromatic rings. The van der Waals surface area contributed by atoms with Crippen LogP contribution in [0.25, 0.3) is 6.08 Å². The minimum atomic E-state index is -0.484. The number of para-hydroxylation sites is 1. The van der Waals surface area contributed by atoms with E-state index in [4.69, 9.17) is 32.7 Å². The lowest BCUT2D eigenvalue weighted by Crippen LogP contribution is -2.01. The smallest absolute Gasteiger partial charge is 0.331 e. The number of rotatable bonds is 5. The predicted molar refractivity (Wildman–Crippen MR) is 88.3 cm³/mol. The van der Waals surface area contributed by atoms with Crippen molar-refractivity contribution in [3.05, 3.63) is 69.7 Å². The summed E-state index contributed by atoms with van der Waals surface area (Å²) in [7, 11) is 1.57. The van der Waals surface area contributed by atoms with Gasteiger partial charge in [0.05, 0.1) is 7.11 Å². The Balaban J connectivity index is 2.00. The third-order valence-electron chi connectivity index (χ3n) is 2.96. The van der Waals surface area contributed by atoms with E-state index >= 15 is 0 Å². The Morgan fingerprint density at radius 1 is 1.09 bits per heavy atom. The fourth-order valence-corrected chi connectivity index (χ4v) is 2.33. The highest BCUT2D eigenvalue weighted by molar-refractivity contribution is 6.35. The molecule has 22 heavy (non-hydrogen) atoms. The van der Waals surface area contributed by atoms with Crippen LogP contribution in [0.5, 0.6) is 5.75 Å². The number of halogens is 2. The highest BCUT2D eigenvalue weighted by Crippen LogP contribution is 2.25.